The normalized spacial score (nSPS) is 10.0. The third-order valence-corrected chi connectivity index (χ3v) is 3.23. The van der Waals surface area contributed by atoms with Crippen LogP contribution in [0.2, 0.25) is 0 Å². The van der Waals surface area contributed by atoms with E-state index < -0.39 is 0 Å². The minimum Gasteiger partial charge on any atom is -0.461 e. The summed E-state index contributed by atoms with van der Waals surface area (Å²) in [4.78, 5) is 11.6. The summed E-state index contributed by atoms with van der Waals surface area (Å²) in [6.45, 7) is 0.198. The molecular weight excluding hydrogens is 335 g/mol. The number of rotatable bonds is 7. The second kappa shape index (κ2) is 9.23. The maximum absolute atomic E-state index is 11.6. The van der Waals surface area contributed by atoms with Crippen LogP contribution >= 0.6 is 23.2 Å². The van der Waals surface area contributed by atoms with Crippen LogP contribution in [0.3, 0.4) is 0 Å². The summed E-state index contributed by atoms with van der Waals surface area (Å²) in [6.07, 6.45) is 2.26. The molecule has 0 bridgehead atoms. The maximum atomic E-state index is 11.6. The van der Waals surface area contributed by atoms with E-state index in [0.717, 1.165) is 11.3 Å². The second-order valence-electron chi connectivity index (χ2n) is 4.76. The van der Waals surface area contributed by atoms with Crippen molar-refractivity contribution in [3.05, 3.63) is 70.7 Å². The standard InChI is InChI=1S/C18H16Cl2O3/c19-17(20)10-5-11-18(21)22-13-14-6-4-9-16(12-14)23-15-7-2-1-3-8-15/h1-4,6-10,12H,5,11,13H2. The van der Waals surface area contributed by atoms with Gasteiger partial charge in [0, 0.05) is 6.42 Å². The molecule has 0 N–H and O–H groups in total. The van der Waals surface area contributed by atoms with E-state index in [0.29, 0.717) is 12.2 Å². The molecule has 0 spiro atoms. The Morgan fingerprint density at radius 2 is 1.74 bits per heavy atom. The van der Waals surface area contributed by atoms with Crippen molar-refractivity contribution in [2.45, 2.75) is 19.4 Å². The van der Waals surface area contributed by atoms with Gasteiger partial charge in [-0.2, -0.15) is 0 Å². The lowest BCUT2D eigenvalue weighted by molar-refractivity contribution is -0.144. The van der Waals surface area contributed by atoms with Crippen molar-refractivity contribution < 1.29 is 14.3 Å². The first-order valence-electron chi connectivity index (χ1n) is 7.12. The highest BCUT2D eigenvalue weighted by molar-refractivity contribution is 6.55. The van der Waals surface area contributed by atoms with Gasteiger partial charge in [0.2, 0.25) is 0 Å². The van der Waals surface area contributed by atoms with Crippen LogP contribution in [0.25, 0.3) is 0 Å². The molecule has 0 fully saturated rings. The van der Waals surface area contributed by atoms with Gasteiger partial charge in [-0.15, -0.1) is 0 Å². The largest absolute Gasteiger partial charge is 0.461 e. The van der Waals surface area contributed by atoms with Gasteiger partial charge in [-0.1, -0.05) is 59.6 Å². The van der Waals surface area contributed by atoms with E-state index in [4.69, 9.17) is 32.7 Å². The molecule has 0 radical (unpaired) electrons. The molecule has 3 nitrogen and oxygen atoms in total. The molecule has 0 amide bonds. The second-order valence-corrected chi connectivity index (χ2v) is 5.76. The molecule has 0 saturated heterocycles. The molecule has 23 heavy (non-hydrogen) atoms. The fraction of sp³-hybridized carbons (Fsp3) is 0.167. The summed E-state index contributed by atoms with van der Waals surface area (Å²) < 4.78 is 11.1. The van der Waals surface area contributed by atoms with Crippen LogP contribution in [0, 0.1) is 0 Å². The minimum absolute atomic E-state index is 0.156. The van der Waals surface area contributed by atoms with Gasteiger partial charge in [-0.25, -0.2) is 0 Å². The number of carbonyl (C=O) groups excluding carboxylic acids is 1. The van der Waals surface area contributed by atoms with Crippen LogP contribution in [0.1, 0.15) is 18.4 Å². The zero-order chi connectivity index (χ0) is 16.5. The Hall–Kier alpha value is -1.97. The molecule has 0 aliphatic rings. The third kappa shape index (κ3) is 6.76. The van der Waals surface area contributed by atoms with E-state index in [2.05, 4.69) is 0 Å². The zero-order valence-corrected chi connectivity index (χ0v) is 13.9. The molecule has 0 unspecified atom stereocenters. The highest BCUT2D eigenvalue weighted by Gasteiger charge is 2.04. The zero-order valence-electron chi connectivity index (χ0n) is 12.4. The van der Waals surface area contributed by atoms with E-state index in [9.17, 15) is 4.79 Å². The molecule has 0 atom stereocenters. The maximum Gasteiger partial charge on any atom is 0.306 e. The average molecular weight is 351 g/mol. The number of carbonyl (C=O) groups is 1. The van der Waals surface area contributed by atoms with Gasteiger partial charge < -0.3 is 9.47 Å². The van der Waals surface area contributed by atoms with Gasteiger partial charge in [-0.05, 0) is 36.2 Å². The molecule has 2 aromatic carbocycles. The SMILES string of the molecule is O=C(CCC=C(Cl)Cl)OCc1cccc(Oc2ccccc2)c1. The molecule has 0 aliphatic heterocycles. The van der Waals surface area contributed by atoms with E-state index in [-0.39, 0.29) is 23.5 Å². The lowest BCUT2D eigenvalue weighted by Gasteiger charge is -2.08. The first-order valence-corrected chi connectivity index (χ1v) is 7.88. The summed E-state index contributed by atoms with van der Waals surface area (Å²) in [7, 11) is 0. The Kier molecular flexibility index (Phi) is 6.98. The van der Waals surface area contributed by atoms with E-state index in [1.807, 2.05) is 54.6 Å². The summed E-state index contributed by atoms with van der Waals surface area (Å²) in [5, 5.41) is 0. The van der Waals surface area contributed by atoms with Crippen LogP contribution in [-0.2, 0) is 16.1 Å². The molecule has 0 aliphatic carbocycles. The van der Waals surface area contributed by atoms with Gasteiger partial charge in [0.15, 0.2) is 0 Å². The fourth-order valence-electron chi connectivity index (χ4n) is 1.86. The van der Waals surface area contributed by atoms with Gasteiger partial charge >= 0.3 is 5.97 Å². The van der Waals surface area contributed by atoms with Crippen LogP contribution in [0.5, 0.6) is 11.5 Å². The van der Waals surface area contributed by atoms with E-state index in [1.54, 1.807) is 6.08 Å². The Bertz CT molecular complexity index is 665. The summed E-state index contributed by atoms with van der Waals surface area (Å²) >= 11 is 11.0. The molecular formula is C18H16Cl2O3. The predicted octanol–water partition coefficient (Wildman–Crippen LogP) is 5.62. The van der Waals surface area contributed by atoms with E-state index in [1.165, 1.54) is 0 Å². The molecule has 2 aromatic rings. The van der Waals surface area contributed by atoms with Gasteiger partial charge in [-0.3, -0.25) is 4.79 Å². The molecule has 0 saturated carbocycles. The van der Waals surface area contributed by atoms with E-state index >= 15 is 0 Å². The number of ether oxygens (including phenoxy) is 2. The molecule has 5 heteroatoms. The summed E-state index contributed by atoms with van der Waals surface area (Å²) in [5.74, 6) is 1.15. The quantitative estimate of drug-likeness (QED) is 0.607. The molecule has 0 heterocycles. The lowest BCUT2D eigenvalue weighted by atomic mass is 10.2. The van der Waals surface area contributed by atoms with Crippen molar-refractivity contribution in [1.29, 1.82) is 0 Å². The highest BCUT2D eigenvalue weighted by atomic mass is 35.5. The van der Waals surface area contributed by atoms with Gasteiger partial charge in [0.05, 0.1) is 0 Å². The van der Waals surface area contributed by atoms with Crippen molar-refractivity contribution in [3.8, 4) is 11.5 Å². The van der Waals surface area contributed by atoms with Crippen molar-refractivity contribution in [3.63, 3.8) is 0 Å². The number of allylic oxidation sites excluding steroid dienone is 1. The van der Waals surface area contributed by atoms with Crippen molar-refractivity contribution >= 4 is 29.2 Å². The monoisotopic (exact) mass is 350 g/mol. The Balaban J connectivity index is 1.85. The van der Waals surface area contributed by atoms with Crippen LogP contribution < -0.4 is 4.74 Å². The molecule has 2 rings (SSSR count). The minimum atomic E-state index is -0.301. The third-order valence-electron chi connectivity index (χ3n) is 2.92. The van der Waals surface area contributed by atoms with Gasteiger partial charge in [0.25, 0.3) is 0 Å². The average Bonchev–Trinajstić information content (AvgIpc) is 2.54. The first-order chi connectivity index (χ1) is 11.1. The first kappa shape index (κ1) is 17.4. The Morgan fingerprint density at radius 3 is 2.48 bits per heavy atom. The summed E-state index contributed by atoms with van der Waals surface area (Å²) in [6, 6.07) is 16.9. The fourth-order valence-corrected chi connectivity index (χ4v) is 2.08. The molecule has 0 aromatic heterocycles. The van der Waals surface area contributed by atoms with Crippen LogP contribution in [0.4, 0.5) is 0 Å². The number of esters is 1. The predicted molar refractivity (Wildman–Crippen MR) is 91.8 cm³/mol. The highest BCUT2D eigenvalue weighted by Crippen LogP contribution is 2.22. The lowest BCUT2D eigenvalue weighted by Crippen LogP contribution is -2.03. The smallest absolute Gasteiger partial charge is 0.306 e. The van der Waals surface area contributed by atoms with Crippen molar-refractivity contribution in [2.75, 3.05) is 0 Å². The van der Waals surface area contributed by atoms with Crippen molar-refractivity contribution in [2.24, 2.45) is 0 Å². The molecule has 120 valence electrons. The topological polar surface area (TPSA) is 35.5 Å². The van der Waals surface area contributed by atoms with Crippen LogP contribution in [0.15, 0.2) is 65.2 Å². The Labute approximate surface area is 145 Å². The Morgan fingerprint density at radius 1 is 1.00 bits per heavy atom. The number of hydrogen-bond donors (Lipinski definition) is 0. The number of hydrogen-bond acceptors (Lipinski definition) is 3. The van der Waals surface area contributed by atoms with Crippen LogP contribution in [-0.4, -0.2) is 5.97 Å². The van der Waals surface area contributed by atoms with Crippen molar-refractivity contribution in [1.82, 2.24) is 0 Å². The number of halogens is 2. The number of benzene rings is 2. The number of para-hydroxylation sites is 1. The summed E-state index contributed by atoms with van der Waals surface area (Å²) in [5.41, 5.74) is 0.859. The van der Waals surface area contributed by atoms with Gasteiger partial charge in [0.1, 0.15) is 22.6 Å².